The molecule has 0 aliphatic heterocycles. The molecule has 0 aromatic rings. The zero-order valence-corrected chi connectivity index (χ0v) is 9.49. The summed E-state index contributed by atoms with van der Waals surface area (Å²) in [5.41, 5.74) is 0. The second kappa shape index (κ2) is 5.47. The topological polar surface area (TPSA) is 55.8 Å². The number of rotatable bonds is 5. The van der Waals surface area contributed by atoms with Crippen LogP contribution in [0.1, 0.15) is 39.5 Å². The van der Waals surface area contributed by atoms with Gasteiger partial charge in [0.2, 0.25) is 0 Å². The Labute approximate surface area is 90.6 Å². The molecule has 1 saturated carbocycles. The fourth-order valence-corrected chi connectivity index (χ4v) is 2.16. The summed E-state index contributed by atoms with van der Waals surface area (Å²) in [5, 5.41) is 8.89. The Morgan fingerprint density at radius 2 is 1.73 bits per heavy atom. The van der Waals surface area contributed by atoms with Crippen molar-refractivity contribution in [1.29, 1.82) is 0 Å². The van der Waals surface area contributed by atoms with Crippen molar-refractivity contribution < 1.29 is 19.4 Å². The molecule has 1 rings (SSSR count). The van der Waals surface area contributed by atoms with Gasteiger partial charge in [-0.3, -0.25) is 4.79 Å². The van der Waals surface area contributed by atoms with Gasteiger partial charge >= 0.3 is 5.97 Å². The van der Waals surface area contributed by atoms with Crippen molar-refractivity contribution in [3.05, 3.63) is 0 Å². The van der Waals surface area contributed by atoms with Crippen LogP contribution in [0.3, 0.4) is 0 Å². The molecule has 4 heteroatoms. The predicted octanol–water partition coefficient (Wildman–Crippen LogP) is 2.03. The largest absolute Gasteiger partial charge is 0.481 e. The van der Waals surface area contributed by atoms with Crippen molar-refractivity contribution in [1.82, 2.24) is 0 Å². The minimum absolute atomic E-state index is 0.223. The van der Waals surface area contributed by atoms with Crippen LogP contribution in [0.5, 0.6) is 0 Å². The quantitative estimate of drug-likeness (QED) is 0.714. The summed E-state index contributed by atoms with van der Waals surface area (Å²) in [6.45, 7) is 5.09. The Kier molecular flexibility index (Phi) is 4.54. The number of ether oxygens (including phenoxy) is 2. The lowest BCUT2D eigenvalue weighted by molar-refractivity contribution is -0.252. The van der Waals surface area contributed by atoms with E-state index >= 15 is 0 Å². The van der Waals surface area contributed by atoms with Gasteiger partial charge in [0.15, 0.2) is 5.79 Å². The zero-order valence-electron chi connectivity index (χ0n) is 9.49. The summed E-state index contributed by atoms with van der Waals surface area (Å²) in [5.74, 6) is -1.44. The highest BCUT2D eigenvalue weighted by Gasteiger charge is 2.38. The molecule has 0 saturated heterocycles. The molecule has 1 aliphatic carbocycles. The smallest absolute Gasteiger partial charge is 0.306 e. The van der Waals surface area contributed by atoms with Gasteiger partial charge in [-0.1, -0.05) is 0 Å². The highest BCUT2D eigenvalue weighted by Crippen LogP contribution is 2.35. The molecule has 0 aromatic carbocycles. The Morgan fingerprint density at radius 3 is 2.07 bits per heavy atom. The van der Waals surface area contributed by atoms with Crippen LogP contribution < -0.4 is 0 Å². The van der Waals surface area contributed by atoms with E-state index in [9.17, 15) is 4.79 Å². The third-order valence-electron chi connectivity index (χ3n) is 2.91. The molecule has 0 heterocycles. The standard InChI is InChI=1S/C11H20O4/c1-3-14-11(15-4-2)7-5-9(6-8-11)10(12)13/h9H,3-8H2,1-2H3,(H,12,13). The van der Waals surface area contributed by atoms with Gasteiger partial charge in [-0.2, -0.15) is 0 Å². The van der Waals surface area contributed by atoms with Crippen LogP contribution in [0.4, 0.5) is 0 Å². The SMILES string of the molecule is CCOC1(OCC)CCC(C(=O)O)CC1. The molecule has 0 aromatic heterocycles. The van der Waals surface area contributed by atoms with Crippen LogP contribution in [0.15, 0.2) is 0 Å². The van der Waals surface area contributed by atoms with E-state index in [-0.39, 0.29) is 5.92 Å². The van der Waals surface area contributed by atoms with Crippen LogP contribution in [0, 0.1) is 5.92 Å². The summed E-state index contributed by atoms with van der Waals surface area (Å²) in [6.07, 6.45) is 2.67. The molecule has 15 heavy (non-hydrogen) atoms. The summed E-state index contributed by atoms with van der Waals surface area (Å²) in [7, 11) is 0. The number of hydrogen-bond donors (Lipinski definition) is 1. The lowest BCUT2D eigenvalue weighted by Crippen LogP contribution is -2.41. The predicted molar refractivity (Wildman–Crippen MR) is 55.6 cm³/mol. The molecule has 1 fully saturated rings. The first kappa shape index (κ1) is 12.5. The zero-order chi connectivity index (χ0) is 11.3. The van der Waals surface area contributed by atoms with E-state index in [0.717, 1.165) is 0 Å². The third-order valence-corrected chi connectivity index (χ3v) is 2.91. The lowest BCUT2D eigenvalue weighted by atomic mass is 9.85. The van der Waals surface area contributed by atoms with E-state index in [1.807, 2.05) is 13.8 Å². The van der Waals surface area contributed by atoms with Gasteiger partial charge in [0.25, 0.3) is 0 Å². The van der Waals surface area contributed by atoms with Gasteiger partial charge in [-0.25, -0.2) is 0 Å². The van der Waals surface area contributed by atoms with Crippen molar-refractivity contribution in [2.75, 3.05) is 13.2 Å². The van der Waals surface area contributed by atoms with E-state index in [0.29, 0.717) is 38.9 Å². The molecular formula is C11H20O4. The first-order valence-corrected chi connectivity index (χ1v) is 5.64. The first-order chi connectivity index (χ1) is 7.13. The van der Waals surface area contributed by atoms with E-state index in [2.05, 4.69) is 0 Å². The minimum atomic E-state index is -0.698. The normalized spacial score (nSPS) is 21.5. The Morgan fingerprint density at radius 1 is 1.27 bits per heavy atom. The van der Waals surface area contributed by atoms with E-state index < -0.39 is 11.8 Å². The van der Waals surface area contributed by atoms with Gasteiger partial charge in [0.05, 0.1) is 5.92 Å². The summed E-state index contributed by atoms with van der Waals surface area (Å²) in [4.78, 5) is 10.8. The molecular weight excluding hydrogens is 196 g/mol. The van der Waals surface area contributed by atoms with Gasteiger partial charge < -0.3 is 14.6 Å². The first-order valence-electron chi connectivity index (χ1n) is 5.64. The summed E-state index contributed by atoms with van der Waals surface area (Å²) >= 11 is 0. The van der Waals surface area contributed by atoms with Crippen molar-refractivity contribution in [3.8, 4) is 0 Å². The van der Waals surface area contributed by atoms with Crippen LogP contribution in [-0.4, -0.2) is 30.1 Å². The van der Waals surface area contributed by atoms with Crippen molar-refractivity contribution in [2.45, 2.75) is 45.3 Å². The number of hydrogen-bond acceptors (Lipinski definition) is 3. The van der Waals surface area contributed by atoms with Crippen LogP contribution in [0.25, 0.3) is 0 Å². The Balaban J connectivity index is 2.52. The van der Waals surface area contributed by atoms with Crippen molar-refractivity contribution >= 4 is 5.97 Å². The van der Waals surface area contributed by atoms with E-state index in [4.69, 9.17) is 14.6 Å². The molecule has 4 nitrogen and oxygen atoms in total. The highest BCUT2D eigenvalue weighted by molar-refractivity contribution is 5.70. The molecule has 1 N–H and O–H groups in total. The molecule has 1 aliphatic rings. The molecule has 0 radical (unpaired) electrons. The van der Waals surface area contributed by atoms with Gasteiger partial charge in [-0.05, 0) is 26.7 Å². The van der Waals surface area contributed by atoms with Crippen LogP contribution in [-0.2, 0) is 14.3 Å². The second-order valence-electron chi connectivity index (χ2n) is 3.89. The average Bonchev–Trinajstić information content (AvgIpc) is 2.19. The second-order valence-corrected chi connectivity index (χ2v) is 3.89. The van der Waals surface area contributed by atoms with Gasteiger partial charge in [0, 0.05) is 26.1 Å². The number of carboxylic acid groups (broad SMARTS) is 1. The molecule has 0 bridgehead atoms. The number of carbonyl (C=O) groups is 1. The molecule has 0 atom stereocenters. The fourth-order valence-electron chi connectivity index (χ4n) is 2.16. The van der Waals surface area contributed by atoms with Crippen LogP contribution in [0.2, 0.25) is 0 Å². The molecule has 88 valence electrons. The van der Waals surface area contributed by atoms with E-state index in [1.54, 1.807) is 0 Å². The maximum absolute atomic E-state index is 10.8. The number of aliphatic carboxylic acids is 1. The summed E-state index contributed by atoms with van der Waals surface area (Å²) < 4.78 is 11.2. The molecule has 0 spiro atoms. The Hall–Kier alpha value is -0.610. The summed E-state index contributed by atoms with van der Waals surface area (Å²) in [6, 6.07) is 0. The fraction of sp³-hybridized carbons (Fsp3) is 0.909. The lowest BCUT2D eigenvalue weighted by Gasteiger charge is -2.38. The minimum Gasteiger partial charge on any atom is -0.481 e. The molecule has 0 amide bonds. The highest BCUT2D eigenvalue weighted by atomic mass is 16.7. The van der Waals surface area contributed by atoms with Crippen LogP contribution >= 0.6 is 0 Å². The van der Waals surface area contributed by atoms with Crippen molar-refractivity contribution in [3.63, 3.8) is 0 Å². The molecule has 0 unspecified atom stereocenters. The third kappa shape index (κ3) is 3.18. The average molecular weight is 216 g/mol. The monoisotopic (exact) mass is 216 g/mol. The Bertz CT molecular complexity index is 199. The van der Waals surface area contributed by atoms with Crippen molar-refractivity contribution in [2.24, 2.45) is 5.92 Å². The number of carboxylic acids is 1. The van der Waals surface area contributed by atoms with Gasteiger partial charge in [0.1, 0.15) is 0 Å². The maximum Gasteiger partial charge on any atom is 0.306 e. The maximum atomic E-state index is 10.8. The van der Waals surface area contributed by atoms with Gasteiger partial charge in [-0.15, -0.1) is 0 Å². The van der Waals surface area contributed by atoms with E-state index in [1.165, 1.54) is 0 Å².